The number of nitrogens with two attached hydrogens (primary N) is 1. The number of benzene rings is 1. The molecule has 0 heterocycles. The Hall–Kier alpha value is -1.35. The van der Waals surface area contributed by atoms with Crippen LogP contribution in [0.1, 0.15) is 44.2 Å². The normalized spacial score (nSPS) is 17.8. The summed E-state index contributed by atoms with van der Waals surface area (Å²) in [6.45, 7) is 7.80. The Morgan fingerprint density at radius 3 is 2.28 bits per heavy atom. The van der Waals surface area contributed by atoms with Crippen LogP contribution in [0.25, 0.3) is 0 Å². The molecule has 0 aliphatic rings. The maximum Gasteiger partial charge on any atom is 0.323 e. The number of rotatable bonds is 5. The monoisotopic (exact) mass is 249 g/mol. The van der Waals surface area contributed by atoms with E-state index in [0.29, 0.717) is 12.3 Å². The Labute approximate surface area is 109 Å². The smallest absolute Gasteiger partial charge is 0.323 e. The number of aryl methyl sites for hydroxylation is 1. The molecule has 0 amide bonds. The standard InChI is InChI=1S/C15H23NO2/c1-10-5-7-13(8-6-10)12(3)11(2)9-15(4,16)14(17)18/h5-8,11-12H,9,16H2,1-4H3,(H,17,18). The van der Waals surface area contributed by atoms with Crippen molar-refractivity contribution in [2.75, 3.05) is 0 Å². The largest absolute Gasteiger partial charge is 0.480 e. The maximum atomic E-state index is 11.0. The van der Waals surface area contributed by atoms with Gasteiger partial charge < -0.3 is 10.8 Å². The summed E-state index contributed by atoms with van der Waals surface area (Å²) < 4.78 is 0. The first-order valence-corrected chi connectivity index (χ1v) is 6.33. The van der Waals surface area contributed by atoms with Crippen LogP contribution in [0.3, 0.4) is 0 Å². The second-order valence-electron chi connectivity index (χ2n) is 5.60. The van der Waals surface area contributed by atoms with E-state index < -0.39 is 11.5 Å². The number of aliphatic carboxylic acids is 1. The molecule has 3 heteroatoms. The Morgan fingerprint density at radius 1 is 1.33 bits per heavy atom. The van der Waals surface area contributed by atoms with E-state index in [-0.39, 0.29) is 5.92 Å². The van der Waals surface area contributed by atoms with E-state index in [2.05, 4.69) is 45.0 Å². The summed E-state index contributed by atoms with van der Waals surface area (Å²) in [6.07, 6.45) is 0.470. The molecule has 0 saturated heterocycles. The molecule has 0 bridgehead atoms. The van der Waals surface area contributed by atoms with Gasteiger partial charge in [-0.05, 0) is 37.7 Å². The van der Waals surface area contributed by atoms with Crippen LogP contribution >= 0.6 is 0 Å². The summed E-state index contributed by atoms with van der Waals surface area (Å²) in [5.41, 5.74) is 7.11. The van der Waals surface area contributed by atoms with Crippen LogP contribution in [-0.2, 0) is 4.79 Å². The molecule has 1 aromatic carbocycles. The zero-order valence-corrected chi connectivity index (χ0v) is 11.6. The van der Waals surface area contributed by atoms with Crippen molar-refractivity contribution in [2.24, 2.45) is 11.7 Å². The van der Waals surface area contributed by atoms with Crippen molar-refractivity contribution in [1.82, 2.24) is 0 Å². The van der Waals surface area contributed by atoms with Gasteiger partial charge in [0, 0.05) is 0 Å². The van der Waals surface area contributed by atoms with E-state index in [4.69, 9.17) is 10.8 Å². The SMILES string of the molecule is Cc1ccc(C(C)C(C)CC(C)(N)C(=O)O)cc1. The summed E-state index contributed by atoms with van der Waals surface area (Å²) in [5.74, 6) is -0.419. The van der Waals surface area contributed by atoms with Crippen molar-refractivity contribution in [3.8, 4) is 0 Å². The Balaban J connectivity index is 2.75. The molecule has 0 fully saturated rings. The summed E-state index contributed by atoms with van der Waals surface area (Å²) >= 11 is 0. The van der Waals surface area contributed by atoms with Gasteiger partial charge in [0.2, 0.25) is 0 Å². The topological polar surface area (TPSA) is 63.3 Å². The summed E-state index contributed by atoms with van der Waals surface area (Å²) in [7, 11) is 0. The van der Waals surface area contributed by atoms with Crippen LogP contribution in [0.5, 0.6) is 0 Å². The molecule has 0 aromatic heterocycles. The number of carbonyl (C=O) groups is 1. The van der Waals surface area contributed by atoms with Crippen molar-refractivity contribution < 1.29 is 9.90 Å². The molecule has 0 radical (unpaired) electrons. The van der Waals surface area contributed by atoms with Crippen LogP contribution in [-0.4, -0.2) is 16.6 Å². The fraction of sp³-hybridized carbons (Fsp3) is 0.533. The molecular weight excluding hydrogens is 226 g/mol. The van der Waals surface area contributed by atoms with Crippen LogP contribution in [0.4, 0.5) is 0 Å². The molecule has 0 aliphatic carbocycles. The molecule has 3 unspecified atom stereocenters. The van der Waals surface area contributed by atoms with Gasteiger partial charge in [-0.3, -0.25) is 4.79 Å². The summed E-state index contributed by atoms with van der Waals surface area (Å²) in [6, 6.07) is 8.37. The third kappa shape index (κ3) is 3.57. The third-order valence-electron chi connectivity index (χ3n) is 3.69. The Morgan fingerprint density at radius 2 is 1.83 bits per heavy atom. The van der Waals surface area contributed by atoms with Gasteiger partial charge in [-0.1, -0.05) is 43.7 Å². The molecule has 1 aromatic rings. The minimum absolute atomic E-state index is 0.221. The zero-order valence-electron chi connectivity index (χ0n) is 11.6. The van der Waals surface area contributed by atoms with Gasteiger partial charge in [-0.2, -0.15) is 0 Å². The van der Waals surface area contributed by atoms with Gasteiger partial charge >= 0.3 is 5.97 Å². The van der Waals surface area contributed by atoms with Crippen molar-refractivity contribution in [3.05, 3.63) is 35.4 Å². The highest BCUT2D eigenvalue weighted by Gasteiger charge is 2.31. The van der Waals surface area contributed by atoms with Crippen LogP contribution in [0.15, 0.2) is 24.3 Å². The first-order valence-electron chi connectivity index (χ1n) is 6.33. The molecule has 1 rings (SSSR count). The zero-order chi connectivity index (χ0) is 13.9. The lowest BCUT2D eigenvalue weighted by molar-refractivity contribution is -0.143. The number of carboxylic acids is 1. The van der Waals surface area contributed by atoms with Crippen molar-refractivity contribution >= 4 is 5.97 Å². The quantitative estimate of drug-likeness (QED) is 0.843. The van der Waals surface area contributed by atoms with E-state index >= 15 is 0 Å². The van der Waals surface area contributed by atoms with Gasteiger partial charge in [0.25, 0.3) is 0 Å². The fourth-order valence-corrected chi connectivity index (χ4v) is 2.13. The van der Waals surface area contributed by atoms with E-state index in [9.17, 15) is 4.79 Å². The van der Waals surface area contributed by atoms with E-state index in [1.165, 1.54) is 11.1 Å². The van der Waals surface area contributed by atoms with Crippen molar-refractivity contribution in [3.63, 3.8) is 0 Å². The fourth-order valence-electron chi connectivity index (χ4n) is 2.13. The second-order valence-corrected chi connectivity index (χ2v) is 5.60. The van der Waals surface area contributed by atoms with Crippen LogP contribution in [0.2, 0.25) is 0 Å². The lowest BCUT2D eigenvalue weighted by atomic mass is 9.80. The molecular formula is C15H23NO2. The third-order valence-corrected chi connectivity index (χ3v) is 3.69. The molecule has 3 atom stereocenters. The number of hydrogen-bond acceptors (Lipinski definition) is 2. The summed E-state index contributed by atoms with van der Waals surface area (Å²) in [4.78, 5) is 11.0. The average molecular weight is 249 g/mol. The van der Waals surface area contributed by atoms with Gasteiger partial charge in [0.15, 0.2) is 0 Å². The number of hydrogen-bond donors (Lipinski definition) is 2. The van der Waals surface area contributed by atoms with Gasteiger partial charge in [0.05, 0.1) is 0 Å². The molecule has 18 heavy (non-hydrogen) atoms. The van der Waals surface area contributed by atoms with Gasteiger partial charge in [-0.25, -0.2) is 0 Å². The number of carboxylic acid groups (broad SMARTS) is 1. The van der Waals surface area contributed by atoms with Gasteiger partial charge in [-0.15, -0.1) is 0 Å². The second kappa shape index (κ2) is 5.53. The molecule has 0 saturated carbocycles. The average Bonchev–Trinajstić information content (AvgIpc) is 2.28. The van der Waals surface area contributed by atoms with E-state index in [0.717, 1.165) is 0 Å². The molecule has 0 spiro atoms. The summed E-state index contributed by atoms with van der Waals surface area (Å²) in [5, 5.41) is 9.05. The van der Waals surface area contributed by atoms with E-state index in [1.54, 1.807) is 6.92 Å². The highest BCUT2D eigenvalue weighted by Crippen LogP contribution is 2.29. The molecule has 0 aliphatic heterocycles. The Kier molecular flexibility index (Phi) is 4.52. The van der Waals surface area contributed by atoms with Crippen molar-refractivity contribution in [1.29, 1.82) is 0 Å². The highest BCUT2D eigenvalue weighted by atomic mass is 16.4. The predicted molar refractivity (Wildman–Crippen MR) is 73.6 cm³/mol. The van der Waals surface area contributed by atoms with Crippen LogP contribution < -0.4 is 5.73 Å². The first-order chi connectivity index (χ1) is 8.24. The first kappa shape index (κ1) is 14.7. The van der Waals surface area contributed by atoms with Crippen molar-refractivity contribution in [2.45, 2.75) is 45.6 Å². The van der Waals surface area contributed by atoms with Crippen LogP contribution in [0, 0.1) is 12.8 Å². The Bertz CT molecular complexity index is 409. The minimum atomic E-state index is -1.15. The highest BCUT2D eigenvalue weighted by molar-refractivity contribution is 5.77. The minimum Gasteiger partial charge on any atom is -0.480 e. The predicted octanol–water partition coefficient (Wildman–Crippen LogP) is 2.93. The molecule has 100 valence electrons. The van der Waals surface area contributed by atoms with Gasteiger partial charge in [0.1, 0.15) is 5.54 Å². The lowest BCUT2D eigenvalue weighted by Gasteiger charge is -2.27. The maximum absolute atomic E-state index is 11.0. The molecule has 3 nitrogen and oxygen atoms in total. The van der Waals surface area contributed by atoms with E-state index in [1.807, 2.05) is 0 Å². The molecule has 3 N–H and O–H groups in total. The lowest BCUT2D eigenvalue weighted by Crippen LogP contribution is -2.46.